The Morgan fingerprint density at radius 2 is 1.80 bits per heavy atom. The number of ether oxygens (including phenoxy) is 1. The van der Waals surface area contributed by atoms with E-state index in [0.717, 1.165) is 17.5 Å². The molecule has 0 fully saturated rings. The van der Waals surface area contributed by atoms with Gasteiger partial charge in [0.15, 0.2) is 0 Å². The highest BCUT2D eigenvalue weighted by Gasteiger charge is 2.26. The summed E-state index contributed by atoms with van der Waals surface area (Å²) in [6.07, 6.45) is 0.897. The second-order valence-corrected chi connectivity index (χ2v) is 6.28. The zero-order chi connectivity index (χ0) is 18.4. The molecule has 0 aliphatic carbocycles. The van der Waals surface area contributed by atoms with Gasteiger partial charge in [-0.25, -0.2) is 4.79 Å². The van der Waals surface area contributed by atoms with Crippen LogP contribution in [0.3, 0.4) is 0 Å². The van der Waals surface area contributed by atoms with Crippen LogP contribution in [0.1, 0.15) is 47.7 Å². The fourth-order valence-electron chi connectivity index (χ4n) is 2.85. The van der Waals surface area contributed by atoms with E-state index in [1.54, 1.807) is 12.1 Å². The Bertz CT molecular complexity index is 740. The van der Waals surface area contributed by atoms with Gasteiger partial charge in [0.25, 0.3) is 0 Å². The maximum Gasteiger partial charge on any atom is 0.337 e. The monoisotopic (exact) mass is 339 g/mol. The molecule has 2 atom stereocenters. The van der Waals surface area contributed by atoms with Crippen LogP contribution in [0.2, 0.25) is 0 Å². The van der Waals surface area contributed by atoms with E-state index in [1.165, 1.54) is 7.11 Å². The van der Waals surface area contributed by atoms with Crippen LogP contribution in [-0.2, 0) is 9.53 Å². The number of hydrogen-bond acceptors (Lipinski definition) is 3. The largest absolute Gasteiger partial charge is 0.465 e. The highest BCUT2D eigenvalue weighted by atomic mass is 16.5. The van der Waals surface area contributed by atoms with Gasteiger partial charge in [0.2, 0.25) is 5.91 Å². The number of aryl methyl sites for hydroxylation is 1. The molecule has 2 rings (SSSR count). The van der Waals surface area contributed by atoms with Crippen LogP contribution in [0, 0.1) is 12.8 Å². The Hall–Kier alpha value is -2.62. The highest BCUT2D eigenvalue weighted by Crippen LogP contribution is 2.29. The molecule has 0 radical (unpaired) electrons. The van der Waals surface area contributed by atoms with Crippen LogP contribution in [0.4, 0.5) is 5.69 Å². The average Bonchev–Trinajstić information content (AvgIpc) is 2.63. The first kappa shape index (κ1) is 18.7. The van der Waals surface area contributed by atoms with Gasteiger partial charge in [-0.15, -0.1) is 0 Å². The molecule has 0 saturated heterocycles. The van der Waals surface area contributed by atoms with E-state index >= 15 is 0 Å². The van der Waals surface area contributed by atoms with Crippen molar-refractivity contribution in [3.63, 3.8) is 0 Å². The van der Waals surface area contributed by atoms with E-state index in [2.05, 4.69) is 19.2 Å². The standard InChI is InChI=1S/C21H25NO3/c1-5-14(2)19(16-9-7-6-8-10-16)20(23)22-18-13-17(21(24)25-4)12-11-15(18)3/h6-14,19H,5H2,1-4H3,(H,22,23)/t14-,19+/m0/s1. The molecule has 0 bridgehead atoms. The lowest BCUT2D eigenvalue weighted by atomic mass is 9.84. The third-order valence-corrected chi connectivity index (χ3v) is 4.57. The SMILES string of the molecule is CC[C@H](C)[C@@H](C(=O)Nc1cc(C(=O)OC)ccc1C)c1ccccc1. The Labute approximate surface area is 149 Å². The van der Waals surface area contributed by atoms with Gasteiger partial charge in [-0.3, -0.25) is 4.79 Å². The van der Waals surface area contributed by atoms with Gasteiger partial charge in [-0.1, -0.05) is 56.7 Å². The van der Waals surface area contributed by atoms with E-state index < -0.39 is 5.97 Å². The maximum absolute atomic E-state index is 13.0. The summed E-state index contributed by atoms with van der Waals surface area (Å²) in [6, 6.07) is 15.0. The first-order valence-electron chi connectivity index (χ1n) is 8.52. The third-order valence-electron chi connectivity index (χ3n) is 4.57. The van der Waals surface area contributed by atoms with Gasteiger partial charge in [0.05, 0.1) is 18.6 Å². The van der Waals surface area contributed by atoms with Crippen molar-refractivity contribution < 1.29 is 14.3 Å². The molecule has 0 aliphatic rings. The van der Waals surface area contributed by atoms with Crippen LogP contribution in [-0.4, -0.2) is 19.0 Å². The van der Waals surface area contributed by atoms with Crippen molar-refractivity contribution in [2.24, 2.45) is 5.92 Å². The molecule has 4 nitrogen and oxygen atoms in total. The number of methoxy groups -OCH3 is 1. The van der Waals surface area contributed by atoms with Gasteiger partial charge < -0.3 is 10.1 Å². The van der Waals surface area contributed by atoms with Gasteiger partial charge in [0.1, 0.15) is 0 Å². The predicted molar refractivity (Wildman–Crippen MR) is 99.8 cm³/mol. The number of carbonyl (C=O) groups is 2. The molecule has 1 N–H and O–H groups in total. The zero-order valence-electron chi connectivity index (χ0n) is 15.2. The van der Waals surface area contributed by atoms with Crippen molar-refractivity contribution in [3.05, 3.63) is 65.2 Å². The molecular formula is C21H25NO3. The third kappa shape index (κ3) is 4.47. The molecule has 25 heavy (non-hydrogen) atoms. The fourth-order valence-corrected chi connectivity index (χ4v) is 2.85. The lowest BCUT2D eigenvalue weighted by molar-refractivity contribution is -0.118. The topological polar surface area (TPSA) is 55.4 Å². The summed E-state index contributed by atoms with van der Waals surface area (Å²) in [5.74, 6) is -0.526. The second kappa shape index (κ2) is 8.47. The number of nitrogens with one attached hydrogen (secondary N) is 1. The van der Waals surface area contributed by atoms with Crippen LogP contribution in [0.15, 0.2) is 48.5 Å². The van der Waals surface area contributed by atoms with Crippen LogP contribution >= 0.6 is 0 Å². The minimum Gasteiger partial charge on any atom is -0.465 e. The van der Waals surface area contributed by atoms with Gasteiger partial charge in [-0.05, 0) is 36.1 Å². The second-order valence-electron chi connectivity index (χ2n) is 6.28. The number of esters is 1. The van der Waals surface area contributed by atoms with Gasteiger partial charge in [0, 0.05) is 5.69 Å². The van der Waals surface area contributed by atoms with Gasteiger partial charge in [-0.2, -0.15) is 0 Å². The van der Waals surface area contributed by atoms with Crippen molar-refractivity contribution in [2.75, 3.05) is 12.4 Å². The van der Waals surface area contributed by atoms with Crippen LogP contribution < -0.4 is 5.32 Å². The summed E-state index contributed by atoms with van der Waals surface area (Å²) in [5.41, 5.74) is 2.95. The molecule has 0 aliphatic heterocycles. The van der Waals surface area contributed by atoms with Crippen molar-refractivity contribution in [3.8, 4) is 0 Å². The van der Waals surface area contributed by atoms with E-state index in [0.29, 0.717) is 11.3 Å². The van der Waals surface area contributed by atoms with E-state index in [1.807, 2.05) is 43.3 Å². The average molecular weight is 339 g/mol. The molecule has 0 aromatic heterocycles. The smallest absolute Gasteiger partial charge is 0.337 e. The molecule has 0 saturated carbocycles. The first-order valence-corrected chi connectivity index (χ1v) is 8.52. The highest BCUT2D eigenvalue weighted by molar-refractivity contribution is 5.98. The quantitative estimate of drug-likeness (QED) is 0.786. The Morgan fingerprint density at radius 1 is 1.12 bits per heavy atom. The van der Waals surface area contributed by atoms with Gasteiger partial charge >= 0.3 is 5.97 Å². The molecule has 1 amide bonds. The van der Waals surface area contributed by atoms with Crippen molar-refractivity contribution >= 4 is 17.6 Å². The van der Waals surface area contributed by atoms with E-state index in [-0.39, 0.29) is 17.7 Å². The maximum atomic E-state index is 13.0. The van der Waals surface area contributed by atoms with Crippen molar-refractivity contribution in [1.82, 2.24) is 0 Å². The summed E-state index contributed by atoms with van der Waals surface area (Å²) in [7, 11) is 1.34. The van der Waals surface area contributed by atoms with E-state index in [4.69, 9.17) is 4.74 Å². The van der Waals surface area contributed by atoms with E-state index in [9.17, 15) is 9.59 Å². The summed E-state index contributed by atoms with van der Waals surface area (Å²) in [4.78, 5) is 24.7. The molecule has 0 spiro atoms. The summed E-state index contributed by atoms with van der Waals surface area (Å²) in [6.45, 7) is 6.06. The Morgan fingerprint density at radius 3 is 2.40 bits per heavy atom. The minimum atomic E-state index is -0.419. The normalized spacial score (nSPS) is 13.0. The number of anilines is 1. The lowest BCUT2D eigenvalue weighted by Gasteiger charge is -2.23. The first-order chi connectivity index (χ1) is 12.0. The Balaban J connectivity index is 2.31. The number of hydrogen-bond donors (Lipinski definition) is 1. The number of carbonyl (C=O) groups excluding carboxylic acids is 2. The summed E-state index contributed by atoms with van der Waals surface area (Å²) >= 11 is 0. The molecule has 0 unspecified atom stereocenters. The number of amides is 1. The van der Waals surface area contributed by atoms with Crippen molar-refractivity contribution in [1.29, 1.82) is 0 Å². The summed E-state index contributed by atoms with van der Waals surface area (Å²) in [5, 5.41) is 3.00. The Kier molecular flexibility index (Phi) is 6.34. The molecule has 0 heterocycles. The van der Waals surface area contributed by atoms with Crippen LogP contribution in [0.25, 0.3) is 0 Å². The predicted octanol–water partition coefficient (Wildman–Crippen LogP) is 4.55. The molecule has 132 valence electrons. The number of rotatable bonds is 6. The molecule has 2 aromatic carbocycles. The molecule has 2 aromatic rings. The fraction of sp³-hybridized carbons (Fsp3) is 0.333. The molecular weight excluding hydrogens is 314 g/mol. The van der Waals surface area contributed by atoms with Crippen molar-refractivity contribution in [2.45, 2.75) is 33.1 Å². The summed E-state index contributed by atoms with van der Waals surface area (Å²) < 4.78 is 4.76. The zero-order valence-corrected chi connectivity index (χ0v) is 15.2. The lowest BCUT2D eigenvalue weighted by Crippen LogP contribution is -2.26. The minimum absolute atomic E-state index is 0.0642. The molecule has 4 heteroatoms. The number of benzene rings is 2. The van der Waals surface area contributed by atoms with Crippen LogP contribution in [0.5, 0.6) is 0 Å².